The second kappa shape index (κ2) is 7.65. The molecule has 4 aromatic heterocycles. The number of thiazole rings is 1. The number of hydrogen-bond acceptors (Lipinski definition) is 6. The molecule has 0 saturated carbocycles. The summed E-state index contributed by atoms with van der Waals surface area (Å²) in [5.74, 6) is -0.0710. The molecular formula is C24H18N6OS. The van der Waals surface area contributed by atoms with Crippen LogP contribution in [0.3, 0.4) is 0 Å². The van der Waals surface area contributed by atoms with Crippen LogP contribution < -0.4 is 0 Å². The van der Waals surface area contributed by atoms with Crippen LogP contribution in [0.15, 0.2) is 73.4 Å². The Hall–Kier alpha value is -3.91. The molecule has 156 valence electrons. The van der Waals surface area contributed by atoms with Gasteiger partial charge in [-0.15, -0.1) is 11.3 Å². The number of aromatic nitrogens is 5. The van der Waals surface area contributed by atoms with Gasteiger partial charge < -0.3 is 9.88 Å². The van der Waals surface area contributed by atoms with Crippen LogP contribution in [0.25, 0.3) is 21.5 Å². The lowest BCUT2D eigenvalue weighted by Crippen LogP contribution is -2.40. The first-order valence-corrected chi connectivity index (χ1v) is 11.1. The van der Waals surface area contributed by atoms with Crippen LogP contribution in [0.4, 0.5) is 0 Å². The van der Waals surface area contributed by atoms with E-state index >= 15 is 0 Å². The van der Waals surface area contributed by atoms with Gasteiger partial charge in [0.05, 0.1) is 29.6 Å². The SMILES string of the molecule is O=C(c1cnc(-c2ccccn2)s1)N1CCc2[nH]cnc2[C@@H]1c1cc2ccccc2cn1. The van der Waals surface area contributed by atoms with Gasteiger partial charge in [-0.1, -0.05) is 30.3 Å². The maximum atomic E-state index is 13.6. The van der Waals surface area contributed by atoms with E-state index in [9.17, 15) is 4.79 Å². The summed E-state index contributed by atoms with van der Waals surface area (Å²) in [4.78, 5) is 37.4. The number of aromatic amines is 1. The van der Waals surface area contributed by atoms with Crippen molar-refractivity contribution >= 4 is 28.0 Å². The number of amides is 1. The molecule has 1 amide bonds. The van der Waals surface area contributed by atoms with Gasteiger partial charge in [0, 0.05) is 36.4 Å². The van der Waals surface area contributed by atoms with Crippen molar-refractivity contribution in [2.75, 3.05) is 6.54 Å². The summed E-state index contributed by atoms with van der Waals surface area (Å²) in [5.41, 5.74) is 3.46. The van der Waals surface area contributed by atoms with Crippen molar-refractivity contribution in [2.24, 2.45) is 0 Å². The summed E-state index contributed by atoms with van der Waals surface area (Å²) >= 11 is 1.36. The molecule has 0 aliphatic carbocycles. The maximum Gasteiger partial charge on any atom is 0.266 e. The fourth-order valence-electron chi connectivity index (χ4n) is 4.17. The van der Waals surface area contributed by atoms with Crippen LogP contribution in [0.1, 0.15) is 32.8 Å². The standard InChI is InChI=1S/C24H18N6OS/c31-24(20-13-27-23(32-20)18-7-3-4-9-25-18)30-10-8-17-21(29-14-28-17)22(30)19-11-15-5-1-2-6-16(15)12-26-19/h1-7,9,11-14,22H,8,10H2,(H,28,29)/t22-/m0/s1. The quantitative estimate of drug-likeness (QED) is 0.455. The minimum absolute atomic E-state index is 0.0710. The van der Waals surface area contributed by atoms with Crippen LogP contribution in [0.2, 0.25) is 0 Å². The number of carbonyl (C=O) groups is 1. The molecule has 5 heterocycles. The van der Waals surface area contributed by atoms with Gasteiger partial charge in [0.2, 0.25) is 0 Å². The summed E-state index contributed by atoms with van der Waals surface area (Å²) in [6.45, 7) is 0.573. The molecule has 1 atom stereocenters. The summed E-state index contributed by atoms with van der Waals surface area (Å²) in [7, 11) is 0. The molecule has 32 heavy (non-hydrogen) atoms. The van der Waals surface area contributed by atoms with Crippen LogP contribution >= 0.6 is 11.3 Å². The lowest BCUT2D eigenvalue weighted by Gasteiger charge is -2.34. The van der Waals surface area contributed by atoms with Crippen molar-refractivity contribution in [1.29, 1.82) is 0 Å². The number of carbonyl (C=O) groups excluding carboxylic acids is 1. The first kappa shape index (κ1) is 18.8. The number of fused-ring (bicyclic) bond motifs is 2. The molecule has 1 aromatic carbocycles. The molecule has 0 unspecified atom stereocenters. The molecule has 5 aromatic rings. The van der Waals surface area contributed by atoms with E-state index in [0.29, 0.717) is 11.4 Å². The van der Waals surface area contributed by atoms with Crippen LogP contribution in [-0.4, -0.2) is 42.3 Å². The number of benzene rings is 1. The van der Waals surface area contributed by atoms with Gasteiger partial charge in [-0.05, 0) is 23.6 Å². The zero-order valence-corrected chi connectivity index (χ0v) is 17.8. The van der Waals surface area contributed by atoms with Crippen molar-refractivity contribution in [2.45, 2.75) is 12.5 Å². The Balaban J connectivity index is 1.40. The summed E-state index contributed by atoms with van der Waals surface area (Å²) in [6, 6.07) is 15.5. The summed E-state index contributed by atoms with van der Waals surface area (Å²) in [5, 5.41) is 2.88. The average molecular weight is 439 g/mol. The van der Waals surface area contributed by atoms with Crippen molar-refractivity contribution < 1.29 is 4.79 Å². The van der Waals surface area contributed by atoms with Gasteiger partial charge in [0.1, 0.15) is 15.9 Å². The van der Waals surface area contributed by atoms with Crippen molar-refractivity contribution in [1.82, 2.24) is 29.8 Å². The third-order valence-corrected chi connectivity index (χ3v) is 6.73. The number of hydrogen-bond donors (Lipinski definition) is 1. The van der Waals surface area contributed by atoms with E-state index in [1.54, 1.807) is 18.7 Å². The van der Waals surface area contributed by atoms with Crippen molar-refractivity contribution in [3.05, 3.63) is 95.4 Å². The predicted molar refractivity (Wildman–Crippen MR) is 122 cm³/mol. The van der Waals surface area contributed by atoms with Crippen LogP contribution in [0.5, 0.6) is 0 Å². The Labute approximate surface area is 187 Å². The fraction of sp³-hybridized carbons (Fsp3) is 0.125. The highest BCUT2D eigenvalue weighted by atomic mass is 32.1. The van der Waals surface area contributed by atoms with Crippen LogP contribution in [-0.2, 0) is 6.42 Å². The number of imidazole rings is 1. The Morgan fingerprint density at radius 3 is 2.75 bits per heavy atom. The van der Waals surface area contributed by atoms with Gasteiger partial charge in [0.15, 0.2) is 0 Å². The predicted octanol–water partition coefficient (Wildman–Crippen LogP) is 4.26. The van der Waals surface area contributed by atoms with Gasteiger partial charge in [-0.2, -0.15) is 0 Å². The molecule has 8 heteroatoms. The van der Waals surface area contributed by atoms with Crippen molar-refractivity contribution in [3.63, 3.8) is 0 Å². The van der Waals surface area contributed by atoms with Gasteiger partial charge in [-0.3, -0.25) is 14.8 Å². The summed E-state index contributed by atoms with van der Waals surface area (Å²) < 4.78 is 0. The van der Waals surface area contributed by atoms with E-state index in [2.05, 4.69) is 32.1 Å². The molecule has 6 rings (SSSR count). The Bertz CT molecular complexity index is 1430. The normalized spacial score (nSPS) is 15.6. The molecule has 1 N–H and O–H groups in total. The first-order chi connectivity index (χ1) is 15.8. The third-order valence-electron chi connectivity index (χ3n) is 5.72. The molecule has 1 aliphatic heterocycles. The van der Waals surface area contributed by atoms with Gasteiger partial charge in [-0.25, -0.2) is 9.97 Å². The van der Waals surface area contributed by atoms with E-state index in [0.717, 1.165) is 45.0 Å². The second-order valence-electron chi connectivity index (χ2n) is 7.62. The number of H-pyrrole nitrogens is 1. The van der Waals surface area contributed by atoms with E-state index in [1.165, 1.54) is 11.3 Å². The lowest BCUT2D eigenvalue weighted by molar-refractivity contribution is 0.0692. The number of pyridine rings is 2. The van der Waals surface area contributed by atoms with E-state index in [1.807, 2.05) is 47.5 Å². The smallest absolute Gasteiger partial charge is 0.266 e. The Morgan fingerprint density at radius 2 is 1.88 bits per heavy atom. The molecule has 0 radical (unpaired) electrons. The monoisotopic (exact) mass is 438 g/mol. The Morgan fingerprint density at radius 1 is 1.00 bits per heavy atom. The minimum Gasteiger partial charge on any atom is -0.348 e. The zero-order valence-electron chi connectivity index (χ0n) is 17.0. The first-order valence-electron chi connectivity index (χ1n) is 10.3. The molecule has 0 saturated heterocycles. The van der Waals surface area contributed by atoms with E-state index in [4.69, 9.17) is 4.98 Å². The molecule has 1 aliphatic rings. The second-order valence-corrected chi connectivity index (χ2v) is 8.65. The zero-order chi connectivity index (χ0) is 21.5. The van der Waals surface area contributed by atoms with E-state index in [-0.39, 0.29) is 11.9 Å². The molecule has 0 bridgehead atoms. The topological polar surface area (TPSA) is 87.7 Å². The maximum absolute atomic E-state index is 13.6. The van der Waals surface area contributed by atoms with Crippen molar-refractivity contribution in [3.8, 4) is 10.7 Å². The molecule has 0 fully saturated rings. The molecular weight excluding hydrogens is 420 g/mol. The Kier molecular flexibility index (Phi) is 4.50. The number of nitrogens with one attached hydrogen (secondary N) is 1. The average Bonchev–Trinajstić information content (AvgIpc) is 3.53. The third kappa shape index (κ3) is 3.16. The highest BCUT2D eigenvalue weighted by Crippen LogP contribution is 2.35. The fourth-order valence-corrected chi connectivity index (χ4v) is 5.02. The number of nitrogens with zero attached hydrogens (tertiary/aromatic N) is 5. The molecule has 0 spiro atoms. The van der Waals surface area contributed by atoms with Crippen LogP contribution in [0, 0.1) is 0 Å². The largest absolute Gasteiger partial charge is 0.348 e. The number of rotatable bonds is 3. The van der Waals surface area contributed by atoms with Gasteiger partial charge in [0.25, 0.3) is 5.91 Å². The highest BCUT2D eigenvalue weighted by Gasteiger charge is 2.36. The lowest BCUT2D eigenvalue weighted by atomic mass is 9.98. The van der Waals surface area contributed by atoms with E-state index < -0.39 is 0 Å². The highest BCUT2D eigenvalue weighted by molar-refractivity contribution is 7.16. The summed E-state index contributed by atoms with van der Waals surface area (Å²) in [6.07, 6.45) is 7.64. The minimum atomic E-state index is -0.359. The van der Waals surface area contributed by atoms with Gasteiger partial charge >= 0.3 is 0 Å². The molecule has 7 nitrogen and oxygen atoms in total.